The van der Waals surface area contributed by atoms with E-state index in [0.717, 1.165) is 31.2 Å². The number of amides is 2. The number of benzene rings is 1. The van der Waals surface area contributed by atoms with Crippen molar-refractivity contribution in [1.82, 2.24) is 25.6 Å². The Morgan fingerprint density at radius 1 is 1.12 bits per heavy atom. The third-order valence-electron chi connectivity index (χ3n) is 6.71. The summed E-state index contributed by atoms with van der Waals surface area (Å²) < 4.78 is 0. The number of nitrogens with one attached hydrogen (secondary N) is 3. The molecule has 2 amide bonds. The standard InChI is InChI=1S/C25H30N6O3/c32-18-13-21(27-15-18)24(34)31(25-29-19-10-4-5-11-20(19)30-25)22(16-7-6-12-26-14-16)23(33)28-17-8-2-1-3-9-17/h4-7,10-12,14,17-18,21-22,27,32H,1-3,8-9,13,15H2,(H,28,33)(H,29,30). The highest BCUT2D eigenvalue weighted by atomic mass is 16.3. The second kappa shape index (κ2) is 9.90. The minimum atomic E-state index is -0.955. The third kappa shape index (κ3) is 4.67. The number of aliphatic hydroxyl groups excluding tert-OH is 1. The van der Waals surface area contributed by atoms with Gasteiger partial charge in [0, 0.05) is 30.5 Å². The quantitative estimate of drug-likeness (QED) is 0.445. The van der Waals surface area contributed by atoms with Crippen LogP contribution in [0.5, 0.6) is 0 Å². The predicted octanol–water partition coefficient (Wildman–Crippen LogP) is 2.20. The van der Waals surface area contributed by atoms with Crippen LogP contribution in [0.4, 0.5) is 5.95 Å². The first-order valence-electron chi connectivity index (χ1n) is 12.0. The molecule has 0 spiro atoms. The van der Waals surface area contributed by atoms with E-state index < -0.39 is 18.2 Å². The van der Waals surface area contributed by atoms with Crippen LogP contribution in [0.25, 0.3) is 11.0 Å². The predicted molar refractivity (Wildman–Crippen MR) is 128 cm³/mol. The molecule has 3 aromatic rings. The van der Waals surface area contributed by atoms with Gasteiger partial charge in [-0.25, -0.2) is 4.98 Å². The highest BCUT2D eigenvalue weighted by Crippen LogP contribution is 2.30. The zero-order valence-electron chi connectivity index (χ0n) is 19.0. The molecule has 3 unspecified atom stereocenters. The normalized spacial score (nSPS) is 21.9. The van der Waals surface area contributed by atoms with Crippen LogP contribution in [0.3, 0.4) is 0 Å². The molecule has 9 nitrogen and oxygen atoms in total. The first kappa shape index (κ1) is 22.5. The van der Waals surface area contributed by atoms with Gasteiger partial charge >= 0.3 is 0 Å². The van der Waals surface area contributed by atoms with Crippen LogP contribution in [-0.4, -0.2) is 56.6 Å². The number of aliphatic hydroxyl groups is 1. The van der Waals surface area contributed by atoms with Gasteiger partial charge in [-0.05, 0) is 37.5 Å². The van der Waals surface area contributed by atoms with Crippen LogP contribution in [0.15, 0.2) is 48.8 Å². The Morgan fingerprint density at radius 2 is 1.94 bits per heavy atom. The second-order valence-corrected chi connectivity index (χ2v) is 9.17. The van der Waals surface area contributed by atoms with Crippen LogP contribution in [0, 0.1) is 0 Å². The van der Waals surface area contributed by atoms with E-state index in [2.05, 4.69) is 25.6 Å². The van der Waals surface area contributed by atoms with E-state index in [1.807, 2.05) is 24.3 Å². The Balaban J connectivity index is 1.56. The lowest BCUT2D eigenvalue weighted by Crippen LogP contribution is -2.52. The minimum Gasteiger partial charge on any atom is -0.392 e. The van der Waals surface area contributed by atoms with Crippen molar-refractivity contribution in [2.45, 2.75) is 62.8 Å². The molecule has 9 heteroatoms. The Bertz CT molecular complexity index is 1110. The summed E-state index contributed by atoms with van der Waals surface area (Å²) in [4.78, 5) is 41.2. The smallest absolute Gasteiger partial charge is 0.248 e. The van der Waals surface area contributed by atoms with Crippen LogP contribution >= 0.6 is 0 Å². The van der Waals surface area contributed by atoms with Crippen molar-refractivity contribution in [3.63, 3.8) is 0 Å². The lowest BCUT2D eigenvalue weighted by atomic mass is 9.94. The van der Waals surface area contributed by atoms with Crippen molar-refractivity contribution in [3.8, 4) is 0 Å². The third-order valence-corrected chi connectivity index (χ3v) is 6.71. The molecule has 2 aliphatic rings. The molecule has 1 aromatic carbocycles. The molecule has 4 N–H and O–H groups in total. The Morgan fingerprint density at radius 3 is 2.65 bits per heavy atom. The zero-order chi connectivity index (χ0) is 23.5. The highest BCUT2D eigenvalue weighted by molar-refractivity contribution is 6.03. The number of carbonyl (C=O) groups is 2. The number of imidazole rings is 1. The average molecular weight is 463 g/mol. The maximum absolute atomic E-state index is 13.9. The number of aromatic amines is 1. The number of H-pyrrole nitrogens is 1. The summed E-state index contributed by atoms with van der Waals surface area (Å²) in [5.74, 6) is -0.280. The van der Waals surface area contributed by atoms with Gasteiger partial charge in [-0.2, -0.15) is 0 Å². The van der Waals surface area contributed by atoms with E-state index in [-0.39, 0.29) is 24.3 Å². The summed E-state index contributed by atoms with van der Waals surface area (Å²) in [5, 5.41) is 16.3. The van der Waals surface area contributed by atoms with Crippen molar-refractivity contribution in [3.05, 3.63) is 54.4 Å². The maximum atomic E-state index is 13.9. The molecule has 34 heavy (non-hydrogen) atoms. The van der Waals surface area contributed by atoms with Crippen LogP contribution in [-0.2, 0) is 9.59 Å². The summed E-state index contributed by atoms with van der Waals surface area (Å²) in [6, 6.07) is 9.58. The molecule has 178 valence electrons. The number of nitrogens with zero attached hydrogens (tertiary/aromatic N) is 3. The first-order valence-corrected chi connectivity index (χ1v) is 12.0. The molecule has 0 radical (unpaired) electrons. The lowest BCUT2D eigenvalue weighted by molar-refractivity contribution is -0.128. The number of aromatic nitrogens is 3. The maximum Gasteiger partial charge on any atom is 0.248 e. The SMILES string of the molecule is O=C(NC1CCCCC1)C(c1cccnc1)N(C(=O)C1CC(O)CN1)c1nc2ccccc2[nH]1. The largest absolute Gasteiger partial charge is 0.392 e. The van der Waals surface area contributed by atoms with Crippen molar-refractivity contribution >= 4 is 28.8 Å². The summed E-state index contributed by atoms with van der Waals surface area (Å²) in [6.07, 6.45) is 8.13. The van der Waals surface area contributed by atoms with E-state index in [1.54, 1.807) is 24.5 Å². The van der Waals surface area contributed by atoms with Gasteiger partial charge in [-0.3, -0.25) is 19.5 Å². The molecule has 1 aliphatic heterocycles. The fourth-order valence-electron chi connectivity index (χ4n) is 4.96. The van der Waals surface area contributed by atoms with Crippen molar-refractivity contribution in [2.24, 2.45) is 0 Å². The molecule has 1 aliphatic carbocycles. The summed E-state index contributed by atoms with van der Waals surface area (Å²) in [5.41, 5.74) is 2.07. The van der Waals surface area contributed by atoms with Crippen molar-refractivity contribution < 1.29 is 14.7 Å². The number of anilines is 1. The number of para-hydroxylation sites is 2. The second-order valence-electron chi connectivity index (χ2n) is 9.17. The highest BCUT2D eigenvalue weighted by Gasteiger charge is 2.40. The van der Waals surface area contributed by atoms with Gasteiger partial charge in [-0.1, -0.05) is 37.5 Å². The van der Waals surface area contributed by atoms with Crippen LogP contribution in [0.2, 0.25) is 0 Å². The van der Waals surface area contributed by atoms with Crippen molar-refractivity contribution in [1.29, 1.82) is 0 Å². The van der Waals surface area contributed by atoms with Gasteiger partial charge < -0.3 is 20.7 Å². The average Bonchev–Trinajstić information content (AvgIpc) is 3.49. The molecular formula is C25H30N6O3. The van der Waals surface area contributed by atoms with E-state index in [4.69, 9.17) is 0 Å². The summed E-state index contributed by atoms with van der Waals surface area (Å²) in [7, 11) is 0. The topological polar surface area (TPSA) is 123 Å². The summed E-state index contributed by atoms with van der Waals surface area (Å²) in [6.45, 7) is 0.330. The zero-order valence-corrected chi connectivity index (χ0v) is 19.0. The van der Waals surface area contributed by atoms with E-state index in [1.165, 1.54) is 11.3 Å². The Labute approximate surface area is 198 Å². The summed E-state index contributed by atoms with van der Waals surface area (Å²) >= 11 is 0. The number of carbonyl (C=O) groups excluding carboxylic acids is 2. The monoisotopic (exact) mass is 462 g/mol. The Hall–Kier alpha value is -3.30. The molecular weight excluding hydrogens is 432 g/mol. The number of fused-ring (bicyclic) bond motifs is 1. The molecule has 3 heterocycles. The number of rotatable bonds is 6. The molecule has 1 saturated heterocycles. The molecule has 5 rings (SSSR count). The van der Waals surface area contributed by atoms with Gasteiger partial charge in [0.2, 0.25) is 17.8 Å². The molecule has 2 fully saturated rings. The van der Waals surface area contributed by atoms with Crippen LogP contribution < -0.4 is 15.5 Å². The Kier molecular flexibility index (Phi) is 6.55. The van der Waals surface area contributed by atoms with E-state index >= 15 is 0 Å². The minimum absolute atomic E-state index is 0.0828. The molecule has 3 atom stereocenters. The van der Waals surface area contributed by atoms with Gasteiger partial charge in [-0.15, -0.1) is 0 Å². The fraction of sp³-hybridized carbons (Fsp3) is 0.440. The van der Waals surface area contributed by atoms with Gasteiger partial charge in [0.05, 0.1) is 23.2 Å². The fourth-order valence-corrected chi connectivity index (χ4v) is 4.96. The number of pyridine rings is 1. The lowest BCUT2D eigenvalue weighted by Gasteiger charge is -2.33. The molecule has 2 aromatic heterocycles. The van der Waals surface area contributed by atoms with E-state index in [9.17, 15) is 14.7 Å². The van der Waals surface area contributed by atoms with Crippen LogP contribution in [0.1, 0.15) is 50.1 Å². The first-order chi connectivity index (χ1) is 16.6. The number of hydrogen-bond acceptors (Lipinski definition) is 6. The van der Waals surface area contributed by atoms with Crippen molar-refractivity contribution in [2.75, 3.05) is 11.4 Å². The number of β-amino-alcohol motifs (C(OH)–C–C–N with tert-alkyl or cyclic N) is 1. The number of hydrogen-bond donors (Lipinski definition) is 4. The van der Waals surface area contributed by atoms with Gasteiger partial charge in [0.25, 0.3) is 0 Å². The molecule has 1 saturated carbocycles. The molecule has 0 bridgehead atoms. The van der Waals surface area contributed by atoms with E-state index in [0.29, 0.717) is 23.6 Å². The van der Waals surface area contributed by atoms with Gasteiger partial charge in [0.15, 0.2) is 0 Å². The van der Waals surface area contributed by atoms with Gasteiger partial charge in [0.1, 0.15) is 6.04 Å².